The molecule has 0 radical (unpaired) electrons. The van der Waals surface area contributed by atoms with Gasteiger partial charge in [-0.1, -0.05) is 35.2 Å². The Morgan fingerprint density at radius 2 is 1.60 bits per heavy atom. The molecule has 0 spiro atoms. The molecule has 0 saturated carbocycles. The molecule has 3 heterocycles. The number of hydrogen-bond donors (Lipinski definition) is 2. The molecule has 16 heteroatoms. The Bertz CT molecular complexity index is 2090. The topological polar surface area (TPSA) is 184 Å². The maximum atomic E-state index is 14.1. The fourth-order valence-electron chi connectivity index (χ4n) is 5.71. The molecule has 2 aliphatic heterocycles. The number of nitrogens with zero attached hydrogens (tertiary/aromatic N) is 2. The lowest BCUT2D eigenvalue weighted by molar-refractivity contribution is -0.122. The monoisotopic (exact) mass is 708 g/mol. The van der Waals surface area contributed by atoms with E-state index in [4.69, 9.17) is 14.6 Å². The highest BCUT2D eigenvalue weighted by Gasteiger charge is 2.56. The van der Waals surface area contributed by atoms with Crippen LogP contribution in [0.3, 0.4) is 0 Å². The zero-order chi connectivity index (χ0) is 34.3. The third-order valence-electron chi connectivity index (χ3n) is 7.93. The molecule has 1 aromatic heterocycles. The molecule has 1 saturated heterocycles. The lowest BCUT2D eigenvalue weighted by Crippen LogP contribution is -2.33. The maximum Gasteiger partial charge on any atom is 0.338 e. The standard InChI is InChI=1S/C32H28N4O9S3/c1-3-45-31(40)18-4-10-20(11-5-18)36-28(38)25-24(17-6-12-21(44-2)13-7-17)27-30(46-26(25)29(36)39)35(32(41)47-27)16-23(37)34-19-8-14-22(15-9-19)48(33,42)43/h4-15,24-26H,3,16H2,1-2H3,(H,34,37)(H2,33,42,43)/t24-,25-,26+/m0/s1. The maximum absolute atomic E-state index is 14.1. The minimum Gasteiger partial charge on any atom is -0.497 e. The first-order valence-electron chi connectivity index (χ1n) is 14.5. The first-order valence-corrected chi connectivity index (χ1v) is 17.8. The Morgan fingerprint density at radius 3 is 2.21 bits per heavy atom. The molecule has 48 heavy (non-hydrogen) atoms. The highest BCUT2D eigenvalue weighted by atomic mass is 32.2. The van der Waals surface area contributed by atoms with Gasteiger partial charge in [0.15, 0.2) is 0 Å². The van der Waals surface area contributed by atoms with Gasteiger partial charge in [0.25, 0.3) is 0 Å². The summed E-state index contributed by atoms with van der Waals surface area (Å²) >= 11 is 1.96. The highest BCUT2D eigenvalue weighted by Crippen LogP contribution is 2.54. The molecule has 3 aromatic carbocycles. The van der Waals surface area contributed by atoms with Crippen LogP contribution in [0.5, 0.6) is 5.75 Å². The molecule has 248 valence electrons. The molecular weight excluding hydrogens is 681 g/mol. The van der Waals surface area contributed by atoms with Gasteiger partial charge in [-0.05, 0) is 73.2 Å². The van der Waals surface area contributed by atoms with Crippen LogP contribution in [0.25, 0.3) is 0 Å². The van der Waals surface area contributed by atoms with Crippen molar-refractivity contribution >= 4 is 68.2 Å². The lowest BCUT2D eigenvalue weighted by atomic mass is 9.83. The van der Waals surface area contributed by atoms with Crippen LogP contribution in [0.4, 0.5) is 11.4 Å². The molecule has 4 aromatic rings. The fraction of sp³-hybridized carbons (Fsp3) is 0.219. The van der Waals surface area contributed by atoms with E-state index in [1.165, 1.54) is 60.2 Å². The van der Waals surface area contributed by atoms with E-state index in [2.05, 4.69) is 5.32 Å². The van der Waals surface area contributed by atoms with E-state index in [1.54, 1.807) is 31.2 Å². The number of anilines is 2. The van der Waals surface area contributed by atoms with Crippen LogP contribution in [0.1, 0.15) is 33.6 Å². The minimum atomic E-state index is -3.92. The van der Waals surface area contributed by atoms with Crippen molar-refractivity contribution in [1.29, 1.82) is 0 Å². The SMILES string of the molecule is CCOC(=O)c1ccc(N2C(=O)[C@H]3[C@H](c4ccc(OC)cc4)c4sc(=O)n(CC(=O)Nc5ccc(S(N)(=O)=O)cc5)c4S[C@H]3C2=O)cc1. The summed E-state index contributed by atoms with van der Waals surface area (Å²) in [6.07, 6.45) is 0. The molecular formula is C32H28N4O9S3. The highest BCUT2D eigenvalue weighted by molar-refractivity contribution is 8.00. The minimum absolute atomic E-state index is 0.126. The van der Waals surface area contributed by atoms with Crippen LogP contribution < -0.4 is 25.0 Å². The zero-order valence-electron chi connectivity index (χ0n) is 25.4. The number of amides is 3. The molecule has 0 unspecified atom stereocenters. The molecule has 2 aliphatic rings. The number of aromatic nitrogens is 1. The van der Waals surface area contributed by atoms with Crippen LogP contribution in [-0.4, -0.2) is 55.6 Å². The average Bonchev–Trinajstić information content (AvgIpc) is 3.50. The van der Waals surface area contributed by atoms with Crippen LogP contribution in [0.15, 0.2) is 87.5 Å². The summed E-state index contributed by atoms with van der Waals surface area (Å²) in [5.41, 5.74) is 1.53. The van der Waals surface area contributed by atoms with Gasteiger partial charge in [-0.15, -0.1) is 0 Å². The van der Waals surface area contributed by atoms with E-state index in [9.17, 15) is 32.4 Å². The van der Waals surface area contributed by atoms with E-state index >= 15 is 0 Å². The van der Waals surface area contributed by atoms with Gasteiger partial charge in [0, 0.05) is 16.5 Å². The second kappa shape index (κ2) is 13.0. The summed E-state index contributed by atoms with van der Waals surface area (Å²) in [7, 11) is -2.40. The van der Waals surface area contributed by atoms with Gasteiger partial charge in [-0.3, -0.25) is 23.7 Å². The van der Waals surface area contributed by atoms with Crippen molar-refractivity contribution in [2.24, 2.45) is 11.1 Å². The normalized spacial score (nSPS) is 18.6. The zero-order valence-corrected chi connectivity index (χ0v) is 27.9. The summed E-state index contributed by atoms with van der Waals surface area (Å²) in [5.74, 6) is -3.03. The molecule has 3 N–H and O–H groups in total. The molecule has 6 rings (SSSR count). The van der Waals surface area contributed by atoms with Crippen molar-refractivity contribution in [3.8, 4) is 5.75 Å². The van der Waals surface area contributed by atoms with Crippen molar-refractivity contribution < 1.29 is 37.1 Å². The largest absolute Gasteiger partial charge is 0.497 e. The van der Waals surface area contributed by atoms with Gasteiger partial charge in [0.2, 0.25) is 27.7 Å². The summed E-state index contributed by atoms with van der Waals surface area (Å²) in [6.45, 7) is 1.49. The quantitative estimate of drug-likeness (QED) is 0.193. The summed E-state index contributed by atoms with van der Waals surface area (Å²) < 4.78 is 34.8. The fourth-order valence-corrected chi connectivity index (χ4v) is 9.00. The van der Waals surface area contributed by atoms with Crippen molar-refractivity contribution in [2.45, 2.75) is 34.6 Å². The molecule has 3 atom stereocenters. The van der Waals surface area contributed by atoms with Gasteiger partial charge in [0.1, 0.15) is 17.5 Å². The van der Waals surface area contributed by atoms with Crippen LogP contribution in [0, 0.1) is 5.92 Å². The number of nitrogens with two attached hydrogens (primary N) is 1. The van der Waals surface area contributed by atoms with Gasteiger partial charge in [-0.25, -0.2) is 23.3 Å². The number of carbonyl (C=O) groups is 4. The Kier molecular flexibility index (Phi) is 9.00. The van der Waals surface area contributed by atoms with Gasteiger partial charge in [0.05, 0.1) is 40.8 Å². The molecule has 0 aliphatic carbocycles. The summed E-state index contributed by atoms with van der Waals surface area (Å²) in [6, 6.07) is 18.3. The van der Waals surface area contributed by atoms with Crippen molar-refractivity contribution in [3.05, 3.63) is 98.5 Å². The Morgan fingerprint density at radius 1 is 0.938 bits per heavy atom. The van der Waals surface area contributed by atoms with Crippen LogP contribution >= 0.6 is 23.1 Å². The van der Waals surface area contributed by atoms with E-state index in [1.807, 2.05) is 0 Å². The number of ether oxygens (including phenoxy) is 2. The smallest absolute Gasteiger partial charge is 0.338 e. The van der Waals surface area contributed by atoms with Crippen molar-refractivity contribution in [2.75, 3.05) is 23.9 Å². The summed E-state index contributed by atoms with van der Waals surface area (Å²) in [4.78, 5) is 67.9. The first-order chi connectivity index (χ1) is 22.9. The number of nitrogens with one attached hydrogen (secondary N) is 1. The van der Waals surface area contributed by atoms with E-state index < -0.39 is 62.2 Å². The number of carbonyl (C=O) groups excluding carboxylic acids is 4. The second-order valence-electron chi connectivity index (χ2n) is 10.8. The lowest BCUT2D eigenvalue weighted by Gasteiger charge is -2.30. The van der Waals surface area contributed by atoms with Crippen molar-refractivity contribution in [3.63, 3.8) is 0 Å². The Balaban J connectivity index is 1.35. The number of benzene rings is 3. The number of primary sulfonamides is 1. The average molecular weight is 709 g/mol. The number of esters is 1. The van der Waals surface area contributed by atoms with Gasteiger partial charge >= 0.3 is 10.8 Å². The molecule has 1 fully saturated rings. The Hall–Kier alpha value is -4.77. The predicted octanol–water partition coefficient (Wildman–Crippen LogP) is 3.18. The number of methoxy groups -OCH3 is 1. The van der Waals surface area contributed by atoms with Crippen LogP contribution in [-0.2, 0) is 35.7 Å². The number of rotatable bonds is 9. The number of thioether (sulfide) groups is 1. The first kappa shape index (κ1) is 33.1. The van der Waals surface area contributed by atoms with E-state index in [0.717, 1.165) is 28.0 Å². The molecule has 3 amide bonds. The van der Waals surface area contributed by atoms with Gasteiger partial charge < -0.3 is 14.8 Å². The Labute approximate surface area is 282 Å². The number of imide groups is 1. The third-order valence-corrected chi connectivity index (χ3v) is 11.5. The molecule has 13 nitrogen and oxygen atoms in total. The summed E-state index contributed by atoms with van der Waals surface area (Å²) in [5, 5.41) is 7.27. The third kappa shape index (κ3) is 6.14. The van der Waals surface area contributed by atoms with Crippen LogP contribution in [0.2, 0.25) is 0 Å². The van der Waals surface area contributed by atoms with Gasteiger partial charge in [-0.2, -0.15) is 0 Å². The molecule has 0 bridgehead atoms. The van der Waals surface area contributed by atoms with E-state index in [0.29, 0.717) is 21.2 Å². The number of thiazole rings is 1. The number of fused-ring (bicyclic) bond motifs is 2. The number of sulfonamides is 1. The van der Waals surface area contributed by atoms with Crippen molar-refractivity contribution in [1.82, 2.24) is 4.57 Å². The number of hydrogen-bond acceptors (Lipinski definition) is 11. The van der Waals surface area contributed by atoms with E-state index in [-0.39, 0.29) is 28.4 Å². The predicted molar refractivity (Wildman–Crippen MR) is 178 cm³/mol. The second-order valence-corrected chi connectivity index (χ2v) is 14.5.